The van der Waals surface area contributed by atoms with E-state index in [9.17, 15) is 9.50 Å². The van der Waals surface area contributed by atoms with E-state index >= 15 is 8.78 Å². The number of aryl methyl sites for hydroxylation is 1. The third-order valence-electron chi connectivity index (χ3n) is 9.15. The van der Waals surface area contributed by atoms with Crippen LogP contribution >= 0.6 is 0 Å². The number of aliphatic hydroxyl groups excluding tert-OH is 1. The predicted octanol–water partition coefficient (Wildman–Crippen LogP) is 8.80. The largest absolute Gasteiger partial charge is 0.490 e. The van der Waals surface area contributed by atoms with Gasteiger partial charge in [0, 0.05) is 5.92 Å². The van der Waals surface area contributed by atoms with Crippen molar-refractivity contribution in [3.63, 3.8) is 0 Å². The highest BCUT2D eigenvalue weighted by atomic mass is 19.2. The number of ether oxygens (including phenoxy) is 1. The highest BCUT2D eigenvalue weighted by molar-refractivity contribution is 5.35. The Labute approximate surface area is 220 Å². The number of rotatable bonds is 10. The number of hydrogen-bond donors (Lipinski definition) is 1. The van der Waals surface area contributed by atoms with Crippen molar-refractivity contribution in [1.82, 2.24) is 0 Å². The molecule has 2 saturated carbocycles. The average molecular weight is 517 g/mol. The second-order valence-electron chi connectivity index (χ2n) is 11.5. The summed E-state index contributed by atoms with van der Waals surface area (Å²) in [6.07, 6.45) is 13.7. The first-order valence-electron chi connectivity index (χ1n) is 14.3. The zero-order valence-corrected chi connectivity index (χ0v) is 22.2. The van der Waals surface area contributed by atoms with E-state index in [0.29, 0.717) is 30.9 Å². The third kappa shape index (κ3) is 7.10. The molecule has 5 heteroatoms. The SMILES string of the molecule is C=CCCOc1ccc(CCC2CCC(C3=CCC(C4CCC(C(C)O)CC4)C(F)=C3F)CC2)cc1F. The zero-order valence-electron chi connectivity index (χ0n) is 22.2. The second-order valence-corrected chi connectivity index (χ2v) is 11.5. The standard InChI is InChI=1S/C32H43F3O2/c1-3-4-19-37-30-18-9-23(20-29(30)33)6-5-22-7-10-25(11-8-22)27-16-17-28(32(35)31(27)34)26-14-12-24(13-15-26)21(2)36/h3,9,16,18,20-22,24-26,28,36H,1,4-8,10-15,17,19H2,2H3. The second kappa shape index (κ2) is 13.2. The minimum absolute atomic E-state index is 0.0957. The summed E-state index contributed by atoms with van der Waals surface area (Å²) in [6, 6.07) is 5.20. The molecule has 0 radical (unpaired) electrons. The van der Waals surface area contributed by atoms with Crippen LogP contribution in [0.25, 0.3) is 0 Å². The first kappa shape index (κ1) is 28.0. The van der Waals surface area contributed by atoms with E-state index in [0.717, 1.165) is 69.8 Å². The number of aliphatic hydroxyl groups is 1. The molecule has 0 heterocycles. The molecular formula is C32H43F3O2. The predicted molar refractivity (Wildman–Crippen MR) is 143 cm³/mol. The third-order valence-corrected chi connectivity index (χ3v) is 9.15. The van der Waals surface area contributed by atoms with Crippen molar-refractivity contribution in [2.75, 3.05) is 6.61 Å². The fraction of sp³-hybridized carbons (Fsp3) is 0.625. The van der Waals surface area contributed by atoms with E-state index in [-0.39, 0.29) is 41.3 Å². The first-order valence-corrected chi connectivity index (χ1v) is 14.3. The molecule has 1 aromatic rings. The van der Waals surface area contributed by atoms with Gasteiger partial charge < -0.3 is 9.84 Å². The molecule has 3 aliphatic rings. The van der Waals surface area contributed by atoms with Crippen LogP contribution in [0, 0.1) is 35.4 Å². The lowest BCUT2D eigenvalue weighted by molar-refractivity contribution is 0.0782. The topological polar surface area (TPSA) is 29.5 Å². The Balaban J connectivity index is 1.24. The Bertz CT molecular complexity index is 966. The highest BCUT2D eigenvalue weighted by Crippen LogP contribution is 2.47. The van der Waals surface area contributed by atoms with Crippen molar-refractivity contribution in [2.24, 2.45) is 29.6 Å². The quantitative estimate of drug-likeness (QED) is 0.249. The van der Waals surface area contributed by atoms with Gasteiger partial charge in [-0.15, -0.1) is 6.58 Å². The lowest BCUT2D eigenvalue weighted by atomic mass is 9.70. The molecule has 0 amide bonds. The summed E-state index contributed by atoms with van der Waals surface area (Å²) in [4.78, 5) is 0. The molecule has 2 atom stereocenters. The molecule has 4 rings (SSSR count). The molecule has 0 bridgehead atoms. The van der Waals surface area contributed by atoms with Crippen molar-refractivity contribution in [2.45, 2.75) is 90.1 Å². The van der Waals surface area contributed by atoms with Gasteiger partial charge in [0.05, 0.1) is 12.7 Å². The Morgan fingerprint density at radius 2 is 1.78 bits per heavy atom. The van der Waals surface area contributed by atoms with Crippen molar-refractivity contribution in [1.29, 1.82) is 0 Å². The number of halogens is 3. The number of benzene rings is 1. The van der Waals surface area contributed by atoms with E-state index in [4.69, 9.17) is 4.74 Å². The Morgan fingerprint density at radius 1 is 1.05 bits per heavy atom. The van der Waals surface area contributed by atoms with Crippen molar-refractivity contribution < 1.29 is 23.0 Å². The maximum Gasteiger partial charge on any atom is 0.165 e. The molecule has 1 N–H and O–H groups in total. The van der Waals surface area contributed by atoms with Crippen LogP contribution in [0.1, 0.15) is 83.1 Å². The minimum Gasteiger partial charge on any atom is -0.490 e. The first-order chi connectivity index (χ1) is 17.9. The van der Waals surface area contributed by atoms with Gasteiger partial charge in [0.15, 0.2) is 17.4 Å². The summed E-state index contributed by atoms with van der Waals surface area (Å²) >= 11 is 0. The molecule has 0 aliphatic heterocycles. The summed E-state index contributed by atoms with van der Waals surface area (Å²) in [5.41, 5.74) is 1.56. The molecule has 204 valence electrons. The maximum absolute atomic E-state index is 15.2. The van der Waals surface area contributed by atoms with Gasteiger partial charge in [-0.3, -0.25) is 0 Å². The van der Waals surface area contributed by atoms with Crippen LogP contribution in [-0.2, 0) is 6.42 Å². The smallest absolute Gasteiger partial charge is 0.165 e. The molecule has 1 aromatic carbocycles. The van der Waals surface area contributed by atoms with Crippen LogP contribution in [0.15, 0.2) is 54.2 Å². The average Bonchev–Trinajstić information content (AvgIpc) is 2.91. The van der Waals surface area contributed by atoms with Gasteiger partial charge in [-0.05, 0) is 131 Å². The normalized spacial score (nSPS) is 29.5. The molecule has 3 aliphatic carbocycles. The van der Waals surface area contributed by atoms with Crippen molar-refractivity contribution >= 4 is 0 Å². The Morgan fingerprint density at radius 3 is 2.43 bits per heavy atom. The fourth-order valence-electron chi connectivity index (χ4n) is 6.72. The van der Waals surface area contributed by atoms with Crippen molar-refractivity contribution in [3.8, 4) is 5.75 Å². The molecule has 0 aromatic heterocycles. The van der Waals surface area contributed by atoms with Crippen LogP contribution in [-0.4, -0.2) is 17.8 Å². The van der Waals surface area contributed by atoms with Crippen LogP contribution in [0.5, 0.6) is 5.75 Å². The minimum atomic E-state index is -0.594. The summed E-state index contributed by atoms with van der Waals surface area (Å²) in [5, 5.41) is 9.84. The molecule has 0 saturated heterocycles. The molecule has 2 fully saturated rings. The summed E-state index contributed by atoms with van der Waals surface area (Å²) < 4.78 is 50.2. The lowest BCUT2D eigenvalue weighted by Gasteiger charge is -2.36. The van der Waals surface area contributed by atoms with Crippen LogP contribution in [0.2, 0.25) is 0 Å². The summed E-state index contributed by atoms with van der Waals surface area (Å²) in [7, 11) is 0. The van der Waals surface area contributed by atoms with Gasteiger partial charge in [-0.2, -0.15) is 0 Å². The van der Waals surface area contributed by atoms with E-state index in [1.807, 2.05) is 19.1 Å². The molecule has 2 unspecified atom stereocenters. The van der Waals surface area contributed by atoms with Gasteiger partial charge in [0.2, 0.25) is 0 Å². The number of hydrogen-bond acceptors (Lipinski definition) is 2. The van der Waals surface area contributed by atoms with E-state index in [2.05, 4.69) is 6.58 Å². The Hall–Kier alpha value is -2.01. The summed E-state index contributed by atoms with van der Waals surface area (Å²) in [5.74, 6) is -0.419. The molecular weight excluding hydrogens is 473 g/mol. The Kier molecular flexibility index (Phi) is 9.97. The highest BCUT2D eigenvalue weighted by Gasteiger charge is 2.37. The van der Waals surface area contributed by atoms with Gasteiger partial charge in [0.25, 0.3) is 0 Å². The van der Waals surface area contributed by atoms with Crippen LogP contribution in [0.4, 0.5) is 13.2 Å². The van der Waals surface area contributed by atoms with Crippen LogP contribution in [0.3, 0.4) is 0 Å². The van der Waals surface area contributed by atoms with Gasteiger partial charge in [0.1, 0.15) is 5.83 Å². The van der Waals surface area contributed by atoms with Crippen LogP contribution < -0.4 is 4.74 Å². The maximum atomic E-state index is 15.2. The van der Waals surface area contributed by atoms with E-state index < -0.39 is 11.7 Å². The molecule has 2 nitrogen and oxygen atoms in total. The van der Waals surface area contributed by atoms with Crippen molar-refractivity contribution in [3.05, 3.63) is 65.5 Å². The van der Waals surface area contributed by atoms with E-state index in [1.54, 1.807) is 18.2 Å². The van der Waals surface area contributed by atoms with Gasteiger partial charge in [-0.1, -0.05) is 18.2 Å². The molecule has 37 heavy (non-hydrogen) atoms. The fourth-order valence-corrected chi connectivity index (χ4v) is 6.72. The number of allylic oxidation sites excluding steroid dienone is 4. The molecule has 0 spiro atoms. The summed E-state index contributed by atoms with van der Waals surface area (Å²) in [6.45, 7) is 5.89. The zero-order chi connectivity index (χ0) is 26.4. The van der Waals surface area contributed by atoms with E-state index in [1.165, 1.54) is 0 Å². The monoisotopic (exact) mass is 516 g/mol. The van der Waals surface area contributed by atoms with Gasteiger partial charge in [-0.25, -0.2) is 13.2 Å². The lowest BCUT2D eigenvalue weighted by Crippen LogP contribution is -2.28. The van der Waals surface area contributed by atoms with Gasteiger partial charge >= 0.3 is 0 Å².